The predicted octanol–water partition coefficient (Wildman–Crippen LogP) is 2.89. The maximum absolute atomic E-state index is 12.2. The van der Waals surface area contributed by atoms with Gasteiger partial charge in [0.25, 0.3) is 0 Å². The van der Waals surface area contributed by atoms with Crippen LogP contribution in [0.3, 0.4) is 0 Å². The molecule has 0 bridgehead atoms. The lowest BCUT2D eigenvalue weighted by Crippen LogP contribution is -2.33. The molecule has 0 spiro atoms. The summed E-state index contributed by atoms with van der Waals surface area (Å²) in [5.74, 6) is 0.0589. The smallest absolute Gasteiger partial charge is 0.238 e. The van der Waals surface area contributed by atoms with Gasteiger partial charge in [0.2, 0.25) is 5.91 Å². The first-order valence-corrected chi connectivity index (χ1v) is 7.92. The van der Waals surface area contributed by atoms with Crippen LogP contribution in [0.15, 0.2) is 36.8 Å². The zero-order valence-corrected chi connectivity index (χ0v) is 12.7. The number of carbonyl (C=O) groups is 1. The second-order valence-corrected chi connectivity index (χ2v) is 5.78. The molecule has 1 aromatic carbocycles. The summed E-state index contributed by atoms with van der Waals surface area (Å²) in [7, 11) is 0. The van der Waals surface area contributed by atoms with Crippen LogP contribution in [0.25, 0.3) is 11.3 Å². The van der Waals surface area contributed by atoms with E-state index in [9.17, 15) is 4.79 Å². The van der Waals surface area contributed by atoms with Gasteiger partial charge in [-0.05, 0) is 38.1 Å². The zero-order chi connectivity index (χ0) is 15.2. The Morgan fingerprint density at radius 2 is 2.05 bits per heavy atom. The SMILES string of the molecule is O=C(CN1CCCCCC1)Nc1cccc(-c2cnc[nH]2)c1. The van der Waals surface area contributed by atoms with E-state index in [-0.39, 0.29) is 5.91 Å². The highest BCUT2D eigenvalue weighted by Gasteiger charge is 2.13. The third-order valence-corrected chi connectivity index (χ3v) is 4.02. The quantitative estimate of drug-likeness (QED) is 0.912. The van der Waals surface area contributed by atoms with Gasteiger partial charge in [-0.2, -0.15) is 0 Å². The van der Waals surface area contributed by atoms with Gasteiger partial charge >= 0.3 is 0 Å². The van der Waals surface area contributed by atoms with Crippen molar-refractivity contribution in [3.63, 3.8) is 0 Å². The van der Waals surface area contributed by atoms with Crippen molar-refractivity contribution in [1.82, 2.24) is 14.9 Å². The van der Waals surface area contributed by atoms with Crippen LogP contribution in [0.4, 0.5) is 5.69 Å². The first kappa shape index (κ1) is 14.8. The van der Waals surface area contributed by atoms with Crippen LogP contribution in [0.5, 0.6) is 0 Å². The van der Waals surface area contributed by atoms with Gasteiger partial charge in [-0.3, -0.25) is 9.69 Å². The molecule has 2 N–H and O–H groups in total. The van der Waals surface area contributed by atoms with Crippen LogP contribution < -0.4 is 5.32 Å². The Labute approximate surface area is 130 Å². The van der Waals surface area contributed by atoms with Gasteiger partial charge in [-0.1, -0.05) is 25.0 Å². The van der Waals surface area contributed by atoms with Gasteiger partial charge in [-0.25, -0.2) is 4.98 Å². The second-order valence-electron chi connectivity index (χ2n) is 5.78. The van der Waals surface area contributed by atoms with Crippen molar-refractivity contribution >= 4 is 11.6 Å². The maximum atomic E-state index is 12.2. The van der Waals surface area contributed by atoms with E-state index in [4.69, 9.17) is 0 Å². The lowest BCUT2D eigenvalue weighted by molar-refractivity contribution is -0.117. The molecule has 116 valence electrons. The summed E-state index contributed by atoms with van der Waals surface area (Å²) in [5.41, 5.74) is 2.79. The molecule has 0 radical (unpaired) electrons. The molecule has 1 aliphatic heterocycles. The van der Waals surface area contributed by atoms with E-state index >= 15 is 0 Å². The van der Waals surface area contributed by atoms with Gasteiger partial charge in [-0.15, -0.1) is 0 Å². The number of nitrogens with zero attached hydrogens (tertiary/aromatic N) is 2. The first-order valence-electron chi connectivity index (χ1n) is 7.92. The van der Waals surface area contributed by atoms with Gasteiger partial charge in [0.15, 0.2) is 0 Å². The number of aromatic amines is 1. The van der Waals surface area contributed by atoms with Gasteiger partial charge in [0.1, 0.15) is 0 Å². The number of amides is 1. The van der Waals surface area contributed by atoms with Crippen LogP contribution in [-0.4, -0.2) is 40.4 Å². The fourth-order valence-electron chi connectivity index (χ4n) is 2.88. The van der Waals surface area contributed by atoms with Crippen molar-refractivity contribution in [3.05, 3.63) is 36.8 Å². The number of nitrogens with one attached hydrogen (secondary N) is 2. The van der Waals surface area contributed by atoms with E-state index in [2.05, 4.69) is 20.2 Å². The maximum Gasteiger partial charge on any atom is 0.238 e. The van der Waals surface area contributed by atoms with Crippen LogP contribution in [0.2, 0.25) is 0 Å². The Balaban J connectivity index is 1.60. The Hall–Kier alpha value is -2.14. The standard InChI is InChI=1S/C17H22N4O/c22-17(12-21-8-3-1-2-4-9-21)20-15-7-5-6-14(10-15)16-11-18-13-19-16/h5-7,10-11,13H,1-4,8-9,12H2,(H,18,19)(H,20,22). The molecule has 5 nitrogen and oxygen atoms in total. The van der Waals surface area contributed by atoms with Gasteiger partial charge in [0.05, 0.1) is 24.8 Å². The molecule has 1 saturated heterocycles. The topological polar surface area (TPSA) is 61.0 Å². The van der Waals surface area contributed by atoms with Crippen molar-refractivity contribution in [2.24, 2.45) is 0 Å². The molecule has 1 aliphatic rings. The molecule has 2 aromatic rings. The molecular formula is C17H22N4O. The third-order valence-electron chi connectivity index (χ3n) is 4.02. The Morgan fingerprint density at radius 1 is 1.23 bits per heavy atom. The fourth-order valence-corrected chi connectivity index (χ4v) is 2.88. The predicted molar refractivity (Wildman–Crippen MR) is 87.6 cm³/mol. The molecule has 2 heterocycles. The summed E-state index contributed by atoms with van der Waals surface area (Å²) >= 11 is 0. The molecule has 3 rings (SSSR count). The van der Waals surface area contributed by atoms with Crippen molar-refractivity contribution in [2.75, 3.05) is 25.0 Å². The average Bonchev–Trinajstić information content (AvgIpc) is 2.94. The Morgan fingerprint density at radius 3 is 2.77 bits per heavy atom. The molecule has 0 saturated carbocycles. The number of imidazole rings is 1. The minimum Gasteiger partial charge on any atom is -0.345 e. The summed E-state index contributed by atoms with van der Waals surface area (Å²) in [6, 6.07) is 7.82. The highest BCUT2D eigenvalue weighted by Crippen LogP contribution is 2.20. The zero-order valence-electron chi connectivity index (χ0n) is 12.7. The summed E-state index contributed by atoms with van der Waals surface area (Å²) in [4.78, 5) is 21.6. The molecule has 0 unspecified atom stereocenters. The lowest BCUT2D eigenvalue weighted by atomic mass is 10.1. The van der Waals surface area contributed by atoms with Crippen LogP contribution in [0.1, 0.15) is 25.7 Å². The third kappa shape index (κ3) is 3.95. The first-order chi connectivity index (χ1) is 10.8. The van der Waals surface area contributed by atoms with Crippen molar-refractivity contribution in [1.29, 1.82) is 0 Å². The Kier molecular flexibility index (Phi) is 4.85. The number of carbonyl (C=O) groups excluding carboxylic acids is 1. The number of rotatable bonds is 4. The number of hydrogen-bond acceptors (Lipinski definition) is 3. The molecule has 0 atom stereocenters. The molecule has 1 amide bonds. The number of hydrogen-bond donors (Lipinski definition) is 2. The normalized spacial score (nSPS) is 16.2. The van der Waals surface area contributed by atoms with E-state index in [0.29, 0.717) is 6.54 Å². The Bertz CT molecular complexity index is 601. The van der Waals surface area contributed by atoms with E-state index in [1.54, 1.807) is 12.5 Å². The number of H-pyrrole nitrogens is 1. The average molecular weight is 298 g/mol. The van der Waals surface area contributed by atoms with E-state index in [1.165, 1.54) is 25.7 Å². The van der Waals surface area contributed by atoms with Gasteiger partial charge in [0, 0.05) is 11.3 Å². The molecule has 5 heteroatoms. The lowest BCUT2D eigenvalue weighted by Gasteiger charge is -2.19. The molecule has 1 fully saturated rings. The van der Waals surface area contributed by atoms with Crippen LogP contribution in [-0.2, 0) is 4.79 Å². The van der Waals surface area contributed by atoms with Crippen LogP contribution >= 0.6 is 0 Å². The minimum atomic E-state index is 0.0589. The largest absolute Gasteiger partial charge is 0.345 e. The van der Waals surface area contributed by atoms with E-state index in [0.717, 1.165) is 30.0 Å². The highest BCUT2D eigenvalue weighted by molar-refractivity contribution is 5.92. The van der Waals surface area contributed by atoms with Gasteiger partial charge < -0.3 is 10.3 Å². The fraction of sp³-hybridized carbons (Fsp3) is 0.412. The number of aromatic nitrogens is 2. The van der Waals surface area contributed by atoms with Crippen molar-refractivity contribution in [3.8, 4) is 11.3 Å². The molecule has 0 aliphatic carbocycles. The summed E-state index contributed by atoms with van der Waals surface area (Å²) in [5, 5.41) is 3.00. The monoisotopic (exact) mass is 298 g/mol. The number of likely N-dealkylation sites (tertiary alicyclic amines) is 1. The molecule has 1 aromatic heterocycles. The molecule has 22 heavy (non-hydrogen) atoms. The number of anilines is 1. The summed E-state index contributed by atoms with van der Waals surface area (Å²) in [6.45, 7) is 2.54. The molecular weight excluding hydrogens is 276 g/mol. The number of benzene rings is 1. The summed E-state index contributed by atoms with van der Waals surface area (Å²) in [6.07, 6.45) is 8.39. The van der Waals surface area contributed by atoms with Crippen molar-refractivity contribution < 1.29 is 4.79 Å². The summed E-state index contributed by atoms with van der Waals surface area (Å²) < 4.78 is 0. The highest BCUT2D eigenvalue weighted by atomic mass is 16.2. The second kappa shape index (κ2) is 7.22. The van der Waals surface area contributed by atoms with E-state index < -0.39 is 0 Å². The van der Waals surface area contributed by atoms with Crippen LogP contribution in [0, 0.1) is 0 Å². The minimum absolute atomic E-state index is 0.0589. The van der Waals surface area contributed by atoms with Crippen molar-refractivity contribution in [2.45, 2.75) is 25.7 Å². The van der Waals surface area contributed by atoms with E-state index in [1.807, 2.05) is 24.3 Å².